The van der Waals surface area contributed by atoms with Crippen LogP contribution in [0.2, 0.25) is 0 Å². The van der Waals surface area contributed by atoms with Gasteiger partial charge in [-0.05, 0) is 54.5 Å². The molecule has 1 aliphatic heterocycles. The van der Waals surface area contributed by atoms with Crippen molar-refractivity contribution in [1.82, 2.24) is 0 Å². The summed E-state index contributed by atoms with van der Waals surface area (Å²) in [6.07, 6.45) is 9.45. The molecule has 3 rings (SSSR count). The van der Waals surface area contributed by atoms with E-state index in [1.54, 1.807) is 0 Å². The monoisotopic (exact) mass is 331 g/mol. The maximum Gasteiger partial charge on any atom is 0.132 e. The normalized spacial score (nSPS) is 20.3. The molecule has 0 saturated carbocycles. The number of nitriles is 2. The van der Waals surface area contributed by atoms with Crippen molar-refractivity contribution in [3.8, 4) is 12.1 Å². The second-order valence-corrected chi connectivity index (χ2v) is 6.51. The van der Waals surface area contributed by atoms with Gasteiger partial charge < -0.3 is 10.0 Å². The minimum atomic E-state index is -0.216. The molecule has 1 N–H and O–H groups in total. The summed E-state index contributed by atoms with van der Waals surface area (Å²) in [6.45, 7) is 1.61. The van der Waals surface area contributed by atoms with E-state index in [2.05, 4.69) is 41.3 Å². The van der Waals surface area contributed by atoms with Gasteiger partial charge in [0.25, 0.3) is 0 Å². The van der Waals surface area contributed by atoms with Crippen LogP contribution in [-0.4, -0.2) is 24.3 Å². The Bertz CT molecular complexity index is 787. The van der Waals surface area contributed by atoms with Crippen LogP contribution in [0, 0.1) is 22.7 Å². The lowest BCUT2D eigenvalue weighted by molar-refractivity contribution is 0.198. The van der Waals surface area contributed by atoms with E-state index in [0.29, 0.717) is 6.54 Å². The SMILES string of the molecule is N#CC(C#N)=C1C=C(/C=C/c2ccc(N3CC[C@@H](O)C3)cc2)CCC1. The summed E-state index contributed by atoms with van der Waals surface area (Å²) in [5, 5.41) is 27.7. The molecular formula is C21H21N3O. The molecule has 1 aliphatic carbocycles. The van der Waals surface area contributed by atoms with Crippen LogP contribution in [0.1, 0.15) is 31.2 Å². The van der Waals surface area contributed by atoms with Crippen molar-refractivity contribution >= 4 is 11.8 Å². The third-order valence-corrected chi connectivity index (χ3v) is 4.73. The maximum absolute atomic E-state index is 9.64. The fourth-order valence-electron chi connectivity index (χ4n) is 3.32. The Hall–Kier alpha value is -2.82. The number of benzene rings is 1. The van der Waals surface area contributed by atoms with Gasteiger partial charge in [0.15, 0.2) is 0 Å². The first-order valence-electron chi connectivity index (χ1n) is 8.64. The van der Waals surface area contributed by atoms with E-state index in [1.165, 1.54) is 0 Å². The summed E-state index contributed by atoms with van der Waals surface area (Å²) in [7, 11) is 0. The topological polar surface area (TPSA) is 71.0 Å². The van der Waals surface area contributed by atoms with Crippen LogP contribution >= 0.6 is 0 Å². The molecule has 0 unspecified atom stereocenters. The first kappa shape index (κ1) is 17.0. The summed E-state index contributed by atoms with van der Waals surface area (Å²) < 4.78 is 0. The van der Waals surface area contributed by atoms with Crippen LogP contribution in [0.25, 0.3) is 6.08 Å². The van der Waals surface area contributed by atoms with E-state index < -0.39 is 0 Å². The molecule has 4 heteroatoms. The van der Waals surface area contributed by atoms with Gasteiger partial charge in [-0.2, -0.15) is 10.5 Å². The molecule has 1 atom stereocenters. The van der Waals surface area contributed by atoms with Gasteiger partial charge in [-0.15, -0.1) is 0 Å². The molecule has 0 aromatic heterocycles. The van der Waals surface area contributed by atoms with E-state index in [0.717, 1.165) is 54.6 Å². The number of hydrogen-bond acceptors (Lipinski definition) is 4. The summed E-state index contributed by atoms with van der Waals surface area (Å²) >= 11 is 0. The van der Waals surface area contributed by atoms with Gasteiger partial charge in [0.1, 0.15) is 17.7 Å². The first-order chi connectivity index (χ1) is 12.2. The number of anilines is 1. The summed E-state index contributed by atoms with van der Waals surface area (Å²) in [4.78, 5) is 2.20. The summed E-state index contributed by atoms with van der Waals surface area (Å²) in [5.41, 5.74) is 4.47. The largest absolute Gasteiger partial charge is 0.391 e. The van der Waals surface area contributed by atoms with Crippen molar-refractivity contribution in [2.45, 2.75) is 31.8 Å². The molecule has 1 aromatic carbocycles. The lowest BCUT2D eigenvalue weighted by Gasteiger charge is -2.17. The molecule has 0 amide bonds. The van der Waals surface area contributed by atoms with E-state index in [9.17, 15) is 5.11 Å². The Morgan fingerprint density at radius 1 is 1.12 bits per heavy atom. The number of hydrogen-bond donors (Lipinski definition) is 1. The molecule has 1 heterocycles. The van der Waals surface area contributed by atoms with Crippen LogP contribution in [-0.2, 0) is 0 Å². The highest BCUT2D eigenvalue weighted by atomic mass is 16.3. The summed E-state index contributed by atoms with van der Waals surface area (Å²) in [6, 6.07) is 12.3. The number of rotatable bonds is 3. The zero-order valence-corrected chi connectivity index (χ0v) is 14.2. The van der Waals surface area contributed by atoms with Gasteiger partial charge in [-0.3, -0.25) is 0 Å². The number of aliphatic hydroxyl groups excluding tert-OH is 1. The molecule has 1 fully saturated rings. The zero-order valence-electron chi connectivity index (χ0n) is 14.2. The summed E-state index contributed by atoms with van der Waals surface area (Å²) in [5.74, 6) is 0. The van der Waals surface area contributed by atoms with Crippen molar-refractivity contribution in [2.24, 2.45) is 0 Å². The lowest BCUT2D eigenvalue weighted by atomic mass is 9.92. The van der Waals surface area contributed by atoms with Gasteiger partial charge >= 0.3 is 0 Å². The fraction of sp³-hybridized carbons (Fsp3) is 0.333. The minimum absolute atomic E-state index is 0.216. The predicted molar refractivity (Wildman–Crippen MR) is 98.5 cm³/mol. The van der Waals surface area contributed by atoms with Crippen LogP contribution in [0.3, 0.4) is 0 Å². The maximum atomic E-state index is 9.64. The van der Waals surface area contributed by atoms with Crippen LogP contribution in [0.5, 0.6) is 0 Å². The molecule has 4 nitrogen and oxygen atoms in total. The van der Waals surface area contributed by atoms with Crippen molar-refractivity contribution in [1.29, 1.82) is 10.5 Å². The van der Waals surface area contributed by atoms with Crippen LogP contribution in [0.4, 0.5) is 5.69 Å². The van der Waals surface area contributed by atoms with Crippen molar-refractivity contribution < 1.29 is 5.11 Å². The average Bonchev–Trinajstić information content (AvgIpc) is 3.08. The van der Waals surface area contributed by atoms with Gasteiger partial charge in [0.05, 0.1) is 6.10 Å². The van der Waals surface area contributed by atoms with Gasteiger partial charge in [-0.25, -0.2) is 0 Å². The Morgan fingerprint density at radius 3 is 2.52 bits per heavy atom. The Labute approximate surface area is 148 Å². The van der Waals surface area contributed by atoms with E-state index >= 15 is 0 Å². The highest BCUT2D eigenvalue weighted by molar-refractivity contribution is 5.59. The quantitative estimate of drug-likeness (QED) is 0.857. The van der Waals surface area contributed by atoms with Gasteiger partial charge in [0.2, 0.25) is 0 Å². The third-order valence-electron chi connectivity index (χ3n) is 4.73. The third kappa shape index (κ3) is 4.18. The van der Waals surface area contributed by atoms with Crippen LogP contribution < -0.4 is 4.90 Å². The lowest BCUT2D eigenvalue weighted by Crippen LogP contribution is -2.20. The molecule has 0 radical (unpaired) electrons. The molecule has 0 spiro atoms. The smallest absolute Gasteiger partial charge is 0.132 e. The predicted octanol–water partition coefficient (Wildman–Crippen LogP) is 3.72. The molecule has 1 saturated heterocycles. The molecule has 0 bridgehead atoms. The fourth-order valence-corrected chi connectivity index (χ4v) is 3.32. The molecule has 2 aliphatic rings. The van der Waals surface area contributed by atoms with Crippen molar-refractivity contribution in [3.63, 3.8) is 0 Å². The Morgan fingerprint density at radius 2 is 1.88 bits per heavy atom. The number of allylic oxidation sites excluding steroid dienone is 5. The van der Waals surface area contributed by atoms with E-state index in [4.69, 9.17) is 10.5 Å². The van der Waals surface area contributed by atoms with E-state index in [-0.39, 0.29) is 11.7 Å². The Balaban J connectivity index is 1.71. The highest BCUT2D eigenvalue weighted by Gasteiger charge is 2.19. The zero-order chi connectivity index (χ0) is 17.6. The molecular weight excluding hydrogens is 310 g/mol. The van der Waals surface area contributed by atoms with E-state index in [1.807, 2.05) is 18.2 Å². The van der Waals surface area contributed by atoms with Crippen molar-refractivity contribution in [3.05, 3.63) is 58.7 Å². The van der Waals surface area contributed by atoms with Crippen molar-refractivity contribution in [2.75, 3.05) is 18.0 Å². The minimum Gasteiger partial charge on any atom is -0.391 e. The molecule has 1 aromatic rings. The van der Waals surface area contributed by atoms with Gasteiger partial charge in [0, 0.05) is 18.8 Å². The second kappa shape index (κ2) is 7.83. The van der Waals surface area contributed by atoms with Crippen LogP contribution in [0.15, 0.2) is 53.1 Å². The first-order valence-corrected chi connectivity index (χ1v) is 8.64. The molecule has 25 heavy (non-hydrogen) atoms. The Kier molecular flexibility index (Phi) is 5.33. The highest BCUT2D eigenvalue weighted by Crippen LogP contribution is 2.26. The second-order valence-electron chi connectivity index (χ2n) is 6.51. The molecule has 126 valence electrons. The number of nitrogens with zero attached hydrogens (tertiary/aromatic N) is 3. The number of β-amino-alcohol motifs (C(OH)–C–C–N with tert-alkyl or cyclic N) is 1. The van der Waals surface area contributed by atoms with Gasteiger partial charge in [-0.1, -0.05) is 30.4 Å². The number of aliphatic hydroxyl groups is 1. The standard InChI is InChI=1S/C21H21N3O/c22-13-19(14-23)18-3-1-2-17(12-18)5-4-16-6-8-20(9-7-16)24-11-10-21(25)15-24/h4-9,12,21,25H,1-3,10-11,15H2/b5-4+/t21-/m1/s1. The average molecular weight is 331 g/mol.